The zero-order valence-corrected chi connectivity index (χ0v) is 22.2. The van der Waals surface area contributed by atoms with Gasteiger partial charge in [-0.05, 0) is 59.7 Å². The van der Waals surface area contributed by atoms with Gasteiger partial charge in [-0.2, -0.15) is 13.2 Å². The first kappa shape index (κ1) is 29.5. The van der Waals surface area contributed by atoms with E-state index in [9.17, 15) is 31.5 Å². The van der Waals surface area contributed by atoms with E-state index in [-0.39, 0.29) is 35.5 Å². The van der Waals surface area contributed by atoms with Crippen LogP contribution >= 0.6 is 11.6 Å². The Morgan fingerprint density at radius 1 is 1.00 bits per heavy atom. The average Bonchev–Trinajstić information content (AvgIpc) is 2.91. The number of halogens is 4. The van der Waals surface area contributed by atoms with Gasteiger partial charge in [-0.1, -0.05) is 31.2 Å². The Bertz CT molecular complexity index is 1310. The molecule has 0 aliphatic carbocycles. The highest BCUT2D eigenvalue weighted by atomic mass is 35.5. The summed E-state index contributed by atoms with van der Waals surface area (Å²) in [5.41, 5.74) is 1.37. The van der Waals surface area contributed by atoms with Crippen LogP contribution < -0.4 is 10.2 Å². The van der Waals surface area contributed by atoms with Crippen molar-refractivity contribution in [2.45, 2.75) is 30.6 Å². The maximum absolute atomic E-state index is 12.9. The van der Waals surface area contributed by atoms with Crippen LogP contribution in [0.25, 0.3) is 0 Å². The quantitative estimate of drug-likeness (QED) is 0.310. The van der Waals surface area contributed by atoms with Crippen LogP contribution in [0.4, 0.5) is 18.9 Å². The van der Waals surface area contributed by atoms with E-state index >= 15 is 0 Å². The Labute approximate surface area is 225 Å². The van der Waals surface area contributed by atoms with Crippen molar-refractivity contribution in [3.8, 4) is 0 Å². The number of amides is 1. The number of aliphatic hydroxyl groups is 1. The Morgan fingerprint density at radius 3 is 2.13 bits per heavy atom. The zero-order valence-electron chi connectivity index (χ0n) is 20.6. The minimum atomic E-state index is -4.44. The average molecular weight is 569 g/mol. The number of nitrogens with zero attached hydrogens (tertiary/aromatic N) is 1. The van der Waals surface area contributed by atoms with E-state index in [0.717, 1.165) is 17.7 Å². The van der Waals surface area contributed by atoms with Gasteiger partial charge in [0.15, 0.2) is 9.84 Å². The van der Waals surface area contributed by atoms with Crippen LogP contribution in [0.2, 0.25) is 0 Å². The molecule has 204 valence electrons. The van der Waals surface area contributed by atoms with Crippen LogP contribution in [0.3, 0.4) is 0 Å². The van der Waals surface area contributed by atoms with Gasteiger partial charge in [-0.3, -0.25) is 4.79 Å². The lowest BCUT2D eigenvalue weighted by Gasteiger charge is -2.27. The largest absolute Gasteiger partial charge is 0.416 e. The second kappa shape index (κ2) is 12.6. The van der Waals surface area contributed by atoms with Gasteiger partial charge < -0.3 is 15.3 Å². The molecule has 3 aromatic carbocycles. The number of carbonyl (C=O) groups is 1. The van der Waals surface area contributed by atoms with E-state index in [1.807, 2.05) is 0 Å². The molecule has 0 aromatic heterocycles. The Balaban J connectivity index is 1.60. The minimum Gasteiger partial charge on any atom is -0.387 e. The van der Waals surface area contributed by atoms with Gasteiger partial charge in [0.2, 0.25) is 0 Å². The Kier molecular flexibility index (Phi) is 9.81. The van der Waals surface area contributed by atoms with Crippen molar-refractivity contribution in [3.63, 3.8) is 0 Å². The Morgan fingerprint density at radius 2 is 1.61 bits per heavy atom. The first-order valence-electron chi connectivity index (χ1n) is 11.8. The molecule has 0 spiro atoms. The molecule has 0 aliphatic rings. The van der Waals surface area contributed by atoms with E-state index in [1.54, 1.807) is 48.2 Å². The summed E-state index contributed by atoms with van der Waals surface area (Å²) in [6.45, 7) is 2.18. The van der Waals surface area contributed by atoms with E-state index in [4.69, 9.17) is 11.6 Å². The second-order valence-electron chi connectivity index (χ2n) is 8.55. The lowest BCUT2D eigenvalue weighted by atomic mass is 10.1. The maximum atomic E-state index is 12.9. The number of rotatable bonds is 11. The number of anilines is 1. The molecule has 0 aliphatic heterocycles. The summed E-state index contributed by atoms with van der Waals surface area (Å²) in [7, 11) is -3.29. The van der Waals surface area contributed by atoms with Gasteiger partial charge in [0.05, 0.1) is 22.3 Å². The van der Waals surface area contributed by atoms with Gasteiger partial charge in [0.25, 0.3) is 5.91 Å². The summed E-state index contributed by atoms with van der Waals surface area (Å²) in [5.74, 6) is -0.123. The fourth-order valence-electron chi connectivity index (χ4n) is 3.73. The van der Waals surface area contributed by atoms with E-state index < -0.39 is 27.7 Å². The number of alkyl halides is 4. The second-order valence-corrected chi connectivity index (χ2v) is 11.2. The van der Waals surface area contributed by atoms with E-state index in [1.165, 1.54) is 24.3 Å². The summed E-state index contributed by atoms with van der Waals surface area (Å²) in [6.07, 6.45) is -5.42. The molecule has 0 radical (unpaired) electrons. The van der Waals surface area contributed by atoms with Crippen molar-refractivity contribution in [1.82, 2.24) is 5.32 Å². The third kappa shape index (κ3) is 7.72. The monoisotopic (exact) mass is 568 g/mol. The summed E-state index contributed by atoms with van der Waals surface area (Å²) in [6, 6.07) is 17.3. The van der Waals surface area contributed by atoms with Crippen molar-refractivity contribution in [2.24, 2.45) is 0 Å². The molecular weight excluding hydrogens is 541 g/mol. The standard InChI is InChI=1S/C27H28ClF3N2O4S/c1-2-38(36,37)24-13-3-19(4-14-24)17-32-26(35)21-7-5-20(6-8-21)25(34)18-33(16-15-28)23-11-9-22(10-12-23)27(29,30)31/h3-14,25,34H,2,15-18H2,1H3,(H,32,35). The molecule has 0 fully saturated rings. The number of benzene rings is 3. The van der Waals surface area contributed by atoms with Crippen LogP contribution in [-0.2, 0) is 22.6 Å². The molecule has 1 amide bonds. The van der Waals surface area contributed by atoms with Crippen LogP contribution in [-0.4, -0.2) is 44.2 Å². The minimum absolute atomic E-state index is 0.00751. The fraction of sp³-hybridized carbons (Fsp3) is 0.296. The molecule has 3 aromatic rings. The molecule has 0 heterocycles. The molecule has 0 saturated heterocycles. The predicted molar refractivity (Wildman–Crippen MR) is 141 cm³/mol. The Hall–Kier alpha value is -3.08. The lowest BCUT2D eigenvalue weighted by molar-refractivity contribution is -0.137. The van der Waals surface area contributed by atoms with Crippen molar-refractivity contribution >= 4 is 33.0 Å². The highest BCUT2D eigenvalue weighted by Crippen LogP contribution is 2.31. The SMILES string of the molecule is CCS(=O)(=O)c1ccc(CNC(=O)c2ccc(C(O)CN(CCCl)c3ccc(C(F)(F)F)cc3)cc2)cc1. The van der Waals surface area contributed by atoms with Gasteiger partial charge in [-0.15, -0.1) is 11.6 Å². The summed E-state index contributed by atoms with van der Waals surface area (Å²) >= 11 is 5.87. The molecule has 0 saturated carbocycles. The predicted octanol–water partition coefficient (Wildman–Crippen LogP) is 5.21. The third-order valence-electron chi connectivity index (χ3n) is 5.98. The topological polar surface area (TPSA) is 86.7 Å². The van der Waals surface area contributed by atoms with Crippen molar-refractivity contribution < 1.29 is 31.5 Å². The molecule has 38 heavy (non-hydrogen) atoms. The normalized spacial score (nSPS) is 12.7. The third-order valence-corrected chi connectivity index (χ3v) is 7.90. The smallest absolute Gasteiger partial charge is 0.387 e. The number of hydrogen-bond donors (Lipinski definition) is 2. The first-order valence-corrected chi connectivity index (χ1v) is 14.0. The van der Waals surface area contributed by atoms with Crippen LogP contribution in [0.1, 0.15) is 40.1 Å². The highest BCUT2D eigenvalue weighted by molar-refractivity contribution is 7.91. The maximum Gasteiger partial charge on any atom is 0.416 e. The molecule has 0 bridgehead atoms. The summed E-state index contributed by atoms with van der Waals surface area (Å²) < 4.78 is 62.4. The zero-order chi connectivity index (χ0) is 27.9. The number of nitrogens with one attached hydrogen (secondary N) is 1. The molecule has 11 heteroatoms. The molecule has 6 nitrogen and oxygen atoms in total. The molecule has 2 N–H and O–H groups in total. The van der Waals surface area contributed by atoms with E-state index in [0.29, 0.717) is 23.4 Å². The summed E-state index contributed by atoms with van der Waals surface area (Å²) in [5, 5.41) is 13.5. The fourth-order valence-corrected chi connectivity index (χ4v) is 4.81. The van der Waals surface area contributed by atoms with Gasteiger partial charge >= 0.3 is 6.18 Å². The van der Waals surface area contributed by atoms with Crippen LogP contribution in [0, 0.1) is 0 Å². The van der Waals surface area contributed by atoms with Crippen molar-refractivity contribution in [3.05, 3.63) is 95.1 Å². The number of sulfone groups is 1. The molecular formula is C27H28ClF3N2O4S. The van der Waals surface area contributed by atoms with Gasteiger partial charge in [0, 0.05) is 36.8 Å². The molecule has 3 rings (SSSR count). The van der Waals surface area contributed by atoms with Crippen molar-refractivity contribution in [1.29, 1.82) is 0 Å². The molecule has 1 unspecified atom stereocenters. The summed E-state index contributed by atoms with van der Waals surface area (Å²) in [4.78, 5) is 14.5. The number of carbonyl (C=O) groups excluding carboxylic acids is 1. The lowest BCUT2D eigenvalue weighted by Crippen LogP contribution is -2.30. The first-order chi connectivity index (χ1) is 17.9. The number of hydrogen-bond acceptors (Lipinski definition) is 5. The highest BCUT2D eigenvalue weighted by Gasteiger charge is 2.30. The van der Waals surface area contributed by atoms with Gasteiger partial charge in [0.1, 0.15) is 0 Å². The van der Waals surface area contributed by atoms with Gasteiger partial charge in [-0.25, -0.2) is 8.42 Å². The molecule has 1 atom stereocenters. The van der Waals surface area contributed by atoms with Crippen molar-refractivity contribution in [2.75, 3.05) is 29.6 Å². The van der Waals surface area contributed by atoms with Crippen LogP contribution in [0.15, 0.2) is 77.7 Å². The van der Waals surface area contributed by atoms with E-state index in [2.05, 4.69) is 5.32 Å². The number of aliphatic hydroxyl groups excluding tert-OH is 1. The van der Waals surface area contributed by atoms with Crippen LogP contribution in [0.5, 0.6) is 0 Å².